The molecule has 2 rings (SSSR count). The van der Waals surface area contributed by atoms with Crippen LogP contribution in [0.3, 0.4) is 0 Å². The zero-order chi connectivity index (χ0) is 13.0. The maximum atomic E-state index is 12.2. The Morgan fingerprint density at radius 2 is 2.11 bits per heavy atom. The molecule has 0 aromatic heterocycles. The van der Waals surface area contributed by atoms with Gasteiger partial charge in [0.05, 0.1) is 6.10 Å². The Bertz CT molecular complexity index is 271. The smallest absolute Gasteiger partial charge is 0.248 e. The summed E-state index contributed by atoms with van der Waals surface area (Å²) in [4.78, 5) is 14.2. The highest BCUT2D eigenvalue weighted by atomic mass is 16.5. The van der Waals surface area contributed by atoms with E-state index >= 15 is 0 Å². The van der Waals surface area contributed by atoms with Gasteiger partial charge in [-0.25, -0.2) is 0 Å². The number of ether oxygens (including phenoxy) is 1. The Kier molecular flexibility index (Phi) is 5.01. The van der Waals surface area contributed by atoms with Crippen molar-refractivity contribution in [3.8, 4) is 0 Å². The van der Waals surface area contributed by atoms with Crippen molar-refractivity contribution in [2.45, 2.75) is 51.7 Å². The first-order valence-electron chi connectivity index (χ1n) is 7.28. The summed E-state index contributed by atoms with van der Waals surface area (Å²) in [6.07, 6.45) is 5.12. The topological polar surface area (TPSA) is 41.6 Å². The number of hydrogen-bond donors (Lipinski definition) is 1. The molecule has 0 bridgehead atoms. The number of hydrogen-bond acceptors (Lipinski definition) is 3. The summed E-state index contributed by atoms with van der Waals surface area (Å²) in [5, 5.41) is 3.47. The summed E-state index contributed by atoms with van der Waals surface area (Å²) in [7, 11) is 0. The maximum absolute atomic E-state index is 12.2. The summed E-state index contributed by atoms with van der Waals surface area (Å²) in [5.41, 5.74) is 0. The van der Waals surface area contributed by atoms with Gasteiger partial charge < -0.3 is 15.0 Å². The van der Waals surface area contributed by atoms with E-state index in [1.165, 1.54) is 25.7 Å². The predicted molar refractivity (Wildman–Crippen MR) is 71.4 cm³/mol. The Morgan fingerprint density at radius 3 is 2.67 bits per heavy atom. The first-order chi connectivity index (χ1) is 8.65. The van der Waals surface area contributed by atoms with Crippen molar-refractivity contribution < 1.29 is 9.53 Å². The van der Waals surface area contributed by atoms with Crippen molar-refractivity contribution >= 4 is 5.91 Å². The zero-order valence-corrected chi connectivity index (χ0v) is 11.7. The molecule has 4 nitrogen and oxygen atoms in total. The lowest BCUT2D eigenvalue weighted by molar-refractivity contribution is -0.138. The molecule has 1 aliphatic carbocycles. The van der Waals surface area contributed by atoms with Gasteiger partial charge in [-0.05, 0) is 52.0 Å². The van der Waals surface area contributed by atoms with Gasteiger partial charge in [-0.3, -0.25) is 4.79 Å². The van der Waals surface area contributed by atoms with E-state index in [4.69, 9.17) is 4.74 Å². The van der Waals surface area contributed by atoms with E-state index in [0.29, 0.717) is 6.04 Å². The highest BCUT2D eigenvalue weighted by Gasteiger charge is 2.29. The van der Waals surface area contributed by atoms with Gasteiger partial charge in [-0.15, -0.1) is 0 Å². The van der Waals surface area contributed by atoms with E-state index in [1.54, 1.807) is 0 Å². The SMILES string of the molecule is CC(C)OCC(=O)N(CC1CC1)CC1CCCN1. The third kappa shape index (κ3) is 4.58. The lowest BCUT2D eigenvalue weighted by Gasteiger charge is -2.26. The minimum absolute atomic E-state index is 0.126. The maximum Gasteiger partial charge on any atom is 0.248 e. The van der Waals surface area contributed by atoms with Gasteiger partial charge in [0.2, 0.25) is 5.91 Å². The number of carbonyl (C=O) groups is 1. The van der Waals surface area contributed by atoms with Crippen molar-refractivity contribution in [1.29, 1.82) is 0 Å². The van der Waals surface area contributed by atoms with Crippen LogP contribution in [0.1, 0.15) is 39.5 Å². The van der Waals surface area contributed by atoms with Crippen LogP contribution in [0.5, 0.6) is 0 Å². The number of nitrogens with zero attached hydrogens (tertiary/aromatic N) is 1. The quantitative estimate of drug-likeness (QED) is 0.747. The van der Waals surface area contributed by atoms with E-state index in [-0.39, 0.29) is 18.6 Å². The highest BCUT2D eigenvalue weighted by Crippen LogP contribution is 2.30. The van der Waals surface area contributed by atoms with Crippen molar-refractivity contribution in [3.63, 3.8) is 0 Å². The van der Waals surface area contributed by atoms with Crippen LogP contribution >= 0.6 is 0 Å². The van der Waals surface area contributed by atoms with Crippen LogP contribution in [0.15, 0.2) is 0 Å². The van der Waals surface area contributed by atoms with Gasteiger partial charge in [-0.1, -0.05) is 0 Å². The molecule has 4 heteroatoms. The lowest BCUT2D eigenvalue weighted by atomic mass is 10.2. The fraction of sp³-hybridized carbons (Fsp3) is 0.929. The molecule has 1 saturated carbocycles. The van der Waals surface area contributed by atoms with Gasteiger partial charge >= 0.3 is 0 Å². The largest absolute Gasteiger partial charge is 0.369 e. The molecule has 1 heterocycles. The van der Waals surface area contributed by atoms with E-state index in [9.17, 15) is 4.79 Å². The Balaban J connectivity index is 1.80. The summed E-state index contributed by atoms with van der Waals surface area (Å²) in [6, 6.07) is 0.492. The summed E-state index contributed by atoms with van der Waals surface area (Å²) >= 11 is 0. The fourth-order valence-corrected chi connectivity index (χ4v) is 2.40. The minimum Gasteiger partial charge on any atom is -0.369 e. The van der Waals surface area contributed by atoms with Crippen LogP contribution in [-0.4, -0.2) is 49.2 Å². The van der Waals surface area contributed by atoms with Crippen LogP contribution in [0.4, 0.5) is 0 Å². The van der Waals surface area contributed by atoms with Crippen molar-refractivity contribution in [2.75, 3.05) is 26.2 Å². The highest BCUT2D eigenvalue weighted by molar-refractivity contribution is 5.77. The second-order valence-electron chi connectivity index (χ2n) is 5.90. The Hall–Kier alpha value is -0.610. The molecule has 0 aromatic carbocycles. The van der Waals surface area contributed by atoms with Gasteiger partial charge in [-0.2, -0.15) is 0 Å². The Labute approximate surface area is 110 Å². The molecular formula is C14H26N2O2. The standard InChI is InChI=1S/C14H26N2O2/c1-11(2)18-10-14(17)16(8-12-5-6-12)9-13-4-3-7-15-13/h11-13,15H,3-10H2,1-2H3. The first kappa shape index (κ1) is 13.8. The van der Waals surface area contributed by atoms with E-state index in [1.807, 2.05) is 18.7 Å². The second-order valence-corrected chi connectivity index (χ2v) is 5.90. The molecule has 2 fully saturated rings. The molecule has 1 unspecified atom stereocenters. The molecule has 1 aliphatic heterocycles. The number of nitrogens with one attached hydrogen (secondary N) is 1. The molecule has 1 saturated heterocycles. The van der Waals surface area contributed by atoms with Crippen molar-refractivity contribution in [3.05, 3.63) is 0 Å². The summed E-state index contributed by atoms with van der Waals surface area (Å²) in [5.74, 6) is 0.902. The first-order valence-corrected chi connectivity index (χ1v) is 7.28. The van der Waals surface area contributed by atoms with E-state index < -0.39 is 0 Å². The molecular weight excluding hydrogens is 228 g/mol. The summed E-state index contributed by atoms with van der Waals surface area (Å²) in [6.45, 7) is 7.05. The number of rotatable bonds is 7. The van der Waals surface area contributed by atoms with Gasteiger partial charge in [0.15, 0.2) is 0 Å². The molecule has 1 N–H and O–H groups in total. The van der Waals surface area contributed by atoms with Crippen LogP contribution in [0.2, 0.25) is 0 Å². The third-order valence-corrected chi connectivity index (χ3v) is 3.67. The Morgan fingerprint density at radius 1 is 1.33 bits per heavy atom. The third-order valence-electron chi connectivity index (χ3n) is 3.67. The van der Waals surface area contributed by atoms with E-state index in [2.05, 4.69) is 5.32 Å². The molecule has 0 radical (unpaired) electrons. The van der Waals surface area contributed by atoms with Gasteiger partial charge in [0, 0.05) is 19.1 Å². The fourth-order valence-electron chi connectivity index (χ4n) is 2.40. The second kappa shape index (κ2) is 6.53. The molecule has 2 aliphatic rings. The van der Waals surface area contributed by atoms with Gasteiger partial charge in [0.25, 0.3) is 0 Å². The molecule has 0 aromatic rings. The monoisotopic (exact) mass is 254 g/mol. The number of amides is 1. The van der Waals surface area contributed by atoms with Crippen molar-refractivity contribution in [1.82, 2.24) is 10.2 Å². The van der Waals surface area contributed by atoms with Crippen LogP contribution < -0.4 is 5.32 Å². The molecule has 1 atom stereocenters. The average molecular weight is 254 g/mol. The van der Waals surface area contributed by atoms with Gasteiger partial charge in [0.1, 0.15) is 6.61 Å². The minimum atomic E-state index is 0.126. The van der Waals surface area contributed by atoms with Crippen molar-refractivity contribution in [2.24, 2.45) is 5.92 Å². The van der Waals surface area contributed by atoms with Crippen LogP contribution in [0.25, 0.3) is 0 Å². The summed E-state index contributed by atoms with van der Waals surface area (Å²) < 4.78 is 5.44. The molecule has 0 spiro atoms. The van der Waals surface area contributed by atoms with E-state index in [0.717, 1.165) is 25.6 Å². The molecule has 18 heavy (non-hydrogen) atoms. The molecule has 104 valence electrons. The zero-order valence-electron chi connectivity index (χ0n) is 11.7. The van der Waals surface area contributed by atoms with Crippen LogP contribution in [0, 0.1) is 5.92 Å². The van der Waals surface area contributed by atoms with Crippen LogP contribution in [-0.2, 0) is 9.53 Å². The molecule has 1 amide bonds. The lowest BCUT2D eigenvalue weighted by Crippen LogP contribution is -2.43. The normalized spacial score (nSPS) is 23.6. The average Bonchev–Trinajstić information content (AvgIpc) is 2.99. The number of carbonyl (C=O) groups excluding carboxylic acids is 1. The predicted octanol–water partition coefficient (Wildman–Crippen LogP) is 1.40.